The van der Waals surface area contributed by atoms with Crippen LogP contribution in [0.2, 0.25) is 0 Å². The summed E-state index contributed by atoms with van der Waals surface area (Å²) in [6.07, 6.45) is 4.33. The summed E-state index contributed by atoms with van der Waals surface area (Å²) in [6.45, 7) is 7.07. The maximum Gasteiger partial charge on any atom is 0.326 e. The van der Waals surface area contributed by atoms with Crippen LogP contribution in [0.3, 0.4) is 0 Å². The molecule has 1 rings (SSSR count). The van der Waals surface area contributed by atoms with Crippen LogP contribution in [0.5, 0.6) is 0 Å². The topological polar surface area (TPSA) is 69.6 Å². The van der Waals surface area contributed by atoms with Crippen LogP contribution in [0.4, 0.5) is 4.79 Å². The molecule has 110 valence electrons. The molecule has 0 aromatic carbocycles. The molecule has 2 amide bonds. The van der Waals surface area contributed by atoms with E-state index in [2.05, 4.69) is 5.32 Å². The molecule has 0 heterocycles. The highest BCUT2D eigenvalue weighted by Gasteiger charge is 2.28. The lowest BCUT2D eigenvalue weighted by molar-refractivity contribution is -0.140. The van der Waals surface area contributed by atoms with E-state index in [9.17, 15) is 14.7 Å². The van der Waals surface area contributed by atoms with Gasteiger partial charge in [0.2, 0.25) is 0 Å². The molecule has 0 spiro atoms. The summed E-state index contributed by atoms with van der Waals surface area (Å²) in [5, 5.41) is 11.8. The number of carboxylic acids is 1. The minimum Gasteiger partial charge on any atom is -0.480 e. The van der Waals surface area contributed by atoms with Crippen LogP contribution in [-0.4, -0.2) is 41.1 Å². The SMILES string of the molecule is CCC(C)[C@H](NC(=O)N(CC)CC1CCC1)C(=O)O. The van der Waals surface area contributed by atoms with Crippen molar-refractivity contribution in [1.82, 2.24) is 10.2 Å². The van der Waals surface area contributed by atoms with Crippen molar-refractivity contribution >= 4 is 12.0 Å². The van der Waals surface area contributed by atoms with Gasteiger partial charge in [0, 0.05) is 13.1 Å². The minimum absolute atomic E-state index is 0.0659. The van der Waals surface area contributed by atoms with Gasteiger partial charge in [0.05, 0.1) is 0 Å². The Labute approximate surface area is 115 Å². The average Bonchev–Trinajstić information content (AvgIpc) is 2.33. The number of amides is 2. The van der Waals surface area contributed by atoms with Crippen molar-refractivity contribution in [3.8, 4) is 0 Å². The highest BCUT2D eigenvalue weighted by atomic mass is 16.4. The Balaban J connectivity index is 2.55. The molecule has 0 radical (unpaired) electrons. The Morgan fingerprint density at radius 3 is 2.37 bits per heavy atom. The van der Waals surface area contributed by atoms with Crippen LogP contribution in [0.1, 0.15) is 46.5 Å². The molecule has 2 atom stereocenters. The van der Waals surface area contributed by atoms with Gasteiger partial charge in [-0.1, -0.05) is 26.7 Å². The number of nitrogens with one attached hydrogen (secondary N) is 1. The molecule has 0 aromatic heterocycles. The lowest BCUT2D eigenvalue weighted by Crippen LogP contribution is -2.51. The second kappa shape index (κ2) is 7.36. The number of nitrogens with zero attached hydrogens (tertiary/aromatic N) is 1. The molecule has 0 bridgehead atoms. The summed E-state index contributed by atoms with van der Waals surface area (Å²) in [6, 6.07) is -1.05. The number of urea groups is 1. The van der Waals surface area contributed by atoms with Crippen molar-refractivity contribution in [2.75, 3.05) is 13.1 Å². The molecule has 1 aliphatic rings. The molecule has 1 fully saturated rings. The van der Waals surface area contributed by atoms with Crippen molar-refractivity contribution in [2.45, 2.75) is 52.5 Å². The van der Waals surface area contributed by atoms with Crippen molar-refractivity contribution in [1.29, 1.82) is 0 Å². The zero-order valence-electron chi connectivity index (χ0n) is 12.2. The van der Waals surface area contributed by atoms with Gasteiger partial charge in [0.25, 0.3) is 0 Å². The van der Waals surface area contributed by atoms with Crippen LogP contribution >= 0.6 is 0 Å². The molecular weight excluding hydrogens is 244 g/mol. The van der Waals surface area contributed by atoms with Crippen molar-refractivity contribution in [2.24, 2.45) is 11.8 Å². The summed E-state index contributed by atoms with van der Waals surface area (Å²) in [4.78, 5) is 25.1. The standard InChI is InChI=1S/C14H26N2O3/c1-4-10(3)12(13(17)18)15-14(19)16(5-2)9-11-7-6-8-11/h10-12H,4-9H2,1-3H3,(H,15,19)(H,17,18)/t10?,12-/m0/s1. The molecule has 5 nitrogen and oxygen atoms in total. The predicted octanol–water partition coefficient (Wildman–Crippen LogP) is 2.32. The van der Waals surface area contributed by atoms with Crippen LogP contribution in [0, 0.1) is 11.8 Å². The zero-order valence-corrected chi connectivity index (χ0v) is 12.2. The van der Waals surface area contributed by atoms with E-state index in [0.29, 0.717) is 12.5 Å². The highest BCUT2D eigenvalue weighted by Crippen LogP contribution is 2.27. The van der Waals surface area contributed by atoms with E-state index >= 15 is 0 Å². The monoisotopic (exact) mass is 270 g/mol. The molecule has 1 saturated carbocycles. The van der Waals surface area contributed by atoms with Gasteiger partial charge in [-0.25, -0.2) is 9.59 Å². The zero-order chi connectivity index (χ0) is 14.4. The van der Waals surface area contributed by atoms with Crippen LogP contribution < -0.4 is 5.32 Å². The smallest absolute Gasteiger partial charge is 0.326 e. The first kappa shape index (κ1) is 15.8. The van der Waals surface area contributed by atoms with Gasteiger partial charge in [-0.3, -0.25) is 0 Å². The fourth-order valence-electron chi connectivity index (χ4n) is 2.25. The summed E-state index contributed by atoms with van der Waals surface area (Å²) in [5.41, 5.74) is 0. The Morgan fingerprint density at radius 1 is 1.37 bits per heavy atom. The fourth-order valence-corrected chi connectivity index (χ4v) is 2.25. The van der Waals surface area contributed by atoms with E-state index in [0.717, 1.165) is 13.0 Å². The Kier molecular flexibility index (Phi) is 6.12. The number of carbonyl (C=O) groups excluding carboxylic acids is 1. The van der Waals surface area contributed by atoms with Gasteiger partial charge in [0.15, 0.2) is 0 Å². The average molecular weight is 270 g/mol. The first-order valence-electron chi connectivity index (χ1n) is 7.27. The molecule has 0 aliphatic heterocycles. The number of hydrogen-bond acceptors (Lipinski definition) is 2. The van der Waals surface area contributed by atoms with Crippen LogP contribution in [0.15, 0.2) is 0 Å². The van der Waals surface area contributed by atoms with Crippen molar-refractivity contribution in [3.05, 3.63) is 0 Å². The Hall–Kier alpha value is -1.26. The Morgan fingerprint density at radius 2 is 2.00 bits per heavy atom. The quantitative estimate of drug-likeness (QED) is 0.746. The highest BCUT2D eigenvalue weighted by molar-refractivity contribution is 5.82. The lowest BCUT2D eigenvalue weighted by atomic mass is 9.85. The molecule has 19 heavy (non-hydrogen) atoms. The van der Waals surface area contributed by atoms with E-state index in [1.54, 1.807) is 4.90 Å². The van der Waals surface area contributed by atoms with Crippen molar-refractivity contribution in [3.63, 3.8) is 0 Å². The van der Waals surface area contributed by atoms with Gasteiger partial charge < -0.3 is 15.3 Å². The van der Waals surface area contributed by atoms with Crippen LogP contribution in [0.25, 0.3) is 0 Å². The van der Waals surface area contributed by atoms with E-state index in [-0.39, 0.29) is 11.9 Å². The second-order valence-electron chi connectivity index (χ2n) is 5.49. The number of aliphatic carboxylic acids is 1. The lowest BCUT2D eigenvalue weighted by Gasteiger charge is -2.33. The number of carboxylic acid groups (broad SMARTS) is 1. The third-order valence-electron chi connectivity index (χ3n) is 4.13. The predicted molar refractivity (Wildman–Crippen MR) is 74.0 cm³/mol. The van der Waals surface area contributed by atoms with E-state index < -0.39 is 12.0 Å². The molecule has 5 heteroatoms. The molecule has 0 aromatic rings. The largest absolute Gasteiger partial charge is 0.480 e. The molecule has 0 saturated heterocycles. The van der Waals surface area contributed by atoms with Gasteiger partial charge in [-0.15, -0.1) is 0 Å². The molecule has 1 unspecified atom stereocenters. The van der Waals surface area contributed by atoms with Gasteiger partial charge in [-0.05, 0) is 31.6 Å². The molecular formula is C14H26N2O3. The fraction of sp³-hybridized carbons (Fsp3) is 0.857. The van der Waals surface area contributed by atoms with E-state index in [4.69, 9.17) is 0 Å². The van der Waals surface area contributed by atoms with Gasteiger partial charge >= 0.3 is 12.0 Å². The number of rotatable bonds is 7. The number of carbonyl (C=O) groups is 2. The maximum atomic E-state index is 12.1. The maximum absolute atomic E-state index is 12.1. The Bertz CT molecular complexity index is 316. The van der Waals surface area contributed by atoms with Crippen molar-refractivity contribution < 1.29 is 14.7 Å². The van der Waals surface area contributed by atoms with E-state index in [1.807, 2.05) is 20.8 Å². The third-order valence-corrected chi connectivity index (χ3v) is 4.13. The minimum atomic E-state index is -0.956. The number of hydrogen-bond donors (Lipinski definition) is 2. The summed E-state index contributed by atoms with van der Waals surface area (Å²) in [7, 11) is 0. The van der Waals surface area contributed by atoms with E-state index in [1.165, 1.54) is 19.3 Å². The summed E-state index contributed by atoms with van der Waals surface area (Å²) < 4.78 is 0. The first-order chi connectivity index (χ1) is 8.99. The summed E-state index contributed by atoms with van der Waals surface area (Å²) in [5.74, 6) is -0.427. The van der Waals surface area contributed by atoms with Crippen LogP contribution in [-0.2, 0) is 4.79 Å². The normalized spacial score (nSPS) is 18.3. The van der Waals surface area contributed by atoms with Gasteiger partial charge in [0.1, 0.15) is 6.04 Å². The second-order valence-corrected chi connectivity index (χ2v) is 5.49. The summed E-state index contributed by atoms with van der Waals surface area (Å²) >= 11 is 0. The first-order valence-corrected chi connectivity index (χ1v) is 7.27. The van der Waals surface area contributed by atoms with Gasteiger partial charge in [-0.2, -0.15) is 0 Å². The molecule has 2 N–H and O–H groups in total. The molecule has 1 aliphatic carbocycles. The third kappa shape index (κ3) is 4.40.